The van der Waals surface area contributed by atoms with Crippen LogP contribution in [-0.2, 0) is 0 Å². The number of amides is 2. The zero-order valence-corrected chi connectivity index (χ0v) is 11.4. The smallest absolute Gasteiger partial charge is 0.330 e. The third-order valence-electron chi connectivity index (χ3n) is 2.65. The fraction of sp³-hybridized carbons (Fsp3) is 0. The molecule has 0 heterocycles. The molecule has 8 heteroatoms. The zero-order valence-electron chi connectivity index (χ0n) is 11.4. The van der Waals surface area contributed by atoms with Crippen molar-refractivity contribution < 1.29 is 9.72 Å². The van der Waals surface area contributed by atoms with E-state index < -0.39 is 11.0 Å². The van der Waals surface area contributed by atoms with Crippen molar-refractivity contribution in [3.63, 3.8) is 0 Å². The van der Waals surface area contributed by atoms with Gasteiger partial charge in [-0.2, -0.15) is 0 Å². The summed E-state index contributed by atoms with van der Waals surface area (Å²) < 4.78 is 0. The Balaban J connectivity index is 2.30. The van der Waals surface area contributed by atoms with Gasteiger partial charge in [-0.25, -0.2) is 9.79 Å². The van der Waals surface area contributed by atoms with E-state index in [1.54, 1.807) is 12.1 Å². The number of nitrogens with one attached hydrogen (secondary N) is 2. The van der Waals surface area contributed by atoms with Crippen molar-refractivity contribution in [1.82, 2.24) is 10.9 Å². The second kappa shape index (κ2) is 6.84. The molecule has 22 heavy (non-hydrogen) atoms. The van der Waals surface area contributed by atoms with Crippen molar-refractivity contribution in [2.75, 3.05) is 0 Å². The van der Waals surface area contributed by atoms with Gasteiger partial charge in [-0.05, 0) is 12.1 Å². The second-order valence-corrected chi connectivity index (χ2v) is 4.21. The number of urea groups is 1. The summed E-state index contributed by atoms with van der Waals surface area (Å²) in [5.74, 6) is 0.355. The molecule has 0 aliphatic heterocycles. The normalized spacial score (nSPS) is 10.8. The maximum atomic E-state index is 10.8. The van der Waals surface area contributed by atoms with Gasteiger partial charge in [-0.1, -0.05) is 30.3 Å². The minimum absolute atomic E-state index is 0.0246. The summed E-state index contributed by atoms with van der Waals surface area (Å²) >= 11 is 0. The number of carbonyl (C=O) groups is 1. The Bertz CT molecular complexity index is 698. The lowest BCUT2D eigenvalue weighted by molar-refractivity contribution is -0.384. The highest BCUT2D eigenvalue weighted by Gasteiger charge is 2.06. The first-order valence-electron chi connectivity index (χ1n) is 6.26. The van der Waals surface area contributed by atoms with Gasteiger partial charge >= 0.3 is 6.03 Å². The molecule has 2 aromatic rings. The lowest BCUT2D eigenvalue weighted by atomic mass is 10.2. The molecule has 8 nitrogen and oxygen atoms in total. The monoisotopic (exact) mass is 299 g/mol. The fourth-order valence-electron chi connectivity index (χ4n) is 1.66. The molecule has 0 unspecified atom stereocenters. The Morgan fingerprint density at radius 1 is 1.05 bits per heavy atom. The molecule has 0 saturated carbocycles. The SMILES string of the molecule is NC(=O)NNC(=Nc1ccc([N+](=O)[O-])cc1)c1ccccc1. The number of nitrogens with zero attached hydrogens (tertiary/aromatic N) is 2. The van der Waals surface area contributed by atoms with Gasteiger partial charge in [0.25, 0.3) is 5.69 Å². The van der Waals surface area contributed by atoms with Gasteiger partial charge in [0, 0.05) is 17.7 Å². The van der Waals surface area contributed by atoms with Crippen LogP contribution in [-0.4, -0.2) is 16.8 Å². The molecule has 0 atom stereocenters. The number of carbonyl (C=O) groups excluding carboxylic acids is 1. The number of nitrogens with two attached hydrogens (primary N) is 1. The number of benzene rings is 2. The quantitative estimate of drug-likeness (QED) is 0.346. The van der Waals surface area contributed by atoms with Gasteiger partial charge < -0.3 is 5.73 Å². The first-order chi connectivity index (χ1) is 10.6. The summed E-state index contributed by atoms with van der Waals surface area (Å²) in [4.78, 5) is 25.3. The van der Waals surface area contributed by atoms with Crippen LogP contribution in [0.25, 0.3) is 0 Å². The van der Waals surface area contributed by atoms with Crippen LogP contribution in [0.4, 0.5) is 16.2 Å². The number of hydrazine groups is 1. The van der Waals surface area contributed by atoms with Crippen molar-refractivity contribution >= 4 is 23.2 Å². The molecule has 0 saturated heterocycles. The van der Waals surface area contributed by atoms with Crippen LogP contribution < -0.4 is 16.6 Å². The molecule has 2 rings (SSSR count). The van der Waals surface area contributed by atoms with Crippen molar-refractivity contribution in [2.45, 2.75) is 0 Å². The molecular formula is C14H13N5O3. The van der Waals surface area contributed by atoms with Crippen molar-refractivity contribution in [3.8, 4) is 0 Å². The summed E-state index contributed by atoms with van der Waals surface area (Å²) in [5, 5.41) is 10.6. The van der Waals surface area contributed by atoms with Crippen LogP contribution in [0.1, 0.15) is 5.56 Å². The highest BCUT2D eigenvalue weighted by molar-refractivity contribution is 6.00. The summed E-state index contributed by atoms with van der Waals surface area (Å²) in [5.41, 5.74) is 11.1. The van der Waals surface area contributed by atoms with Crippen molar-refractivity contribution in [2.24, 2.45) is 10.7 Å². The molecule has 2 aromatic carbocycles. The highest BCUT2D eigenvalue weighted by atomic mass is 16.6. The largest absolute Gasteiger partial charge is 0.350 e. The van der Waals surface area contributed by atoms with E-state index in [1.165, 1.54) is 24.3 Å². The van der Waals surface area contributed by atoms with E-state index >= 15 is 0 Å². The molecule has 0 aromatic heterocycles. The Morgan fingerprint density at radius 3 is 2.23 bits per heavy atom. The van der Waals surface area contributed by atoms with Gasteiger partial charge in [0.2, 0.25) is 0 Å². The molecule has 2 amide bonds. The summed E-state index contributed by atoms with van der Waals surface area (Å²) in [7, 11) is 0. The lowest BCUT2D eigenvalue weighted by Crippen LogP contribution is -2.44. The fourth-order valence-corrected chi connectivity index (χ4v) is 1.66. The maximum Gasteiger partial charge on any atom is 0.330 e. The average molecular weight is 299 g/mol. The van der Waals surface area contributed by atoms with Crippen molar-refractivity contribution in [3.05, 3.63) is 70.3 Å². The Kier molecular flexibility index (Phi) is 4.66. The molecule has 0 fully saturated rings. The van der Waals surface area contributed by atoms with E-state index in [-0.39, 0.29) is 5.69 Å². The zero-order chi connectivity index (χ0) is 15.9. The van der Waals surface area contributed by atoms with Crippen LogP contribution in [0.5, 0.6) is 0 Å². The topological polar surface area (TPSA) is 123 Å². The number of amidine groups is 1. The molecule has 0 spiro atoms. The number of nitro groups is 1. The second-order valence-electron chi connectivity index (χ2n) is 4.21. The predicted molar refractivity (Wildman–Crippen MR) is 81.6 cm³/mol. The van der Waals surface area contributed by atoms with E-state index in [2.05, 4.69) is 15.8 Å². The number of rotatable bonds is 3. The number of non-ortho nitro benzene ring substituents is 1. The van der Waals surface area contributed by atoms with Gasteiger partial charge in [-0.3, -0.25) is 21.0 Å². The van der Waals surface area contributed by atoms with E-state index in [0.29, 0.717) is 11.5 Å². The molecular weight excluding hydrogens is 286 g/mol. The number of nitro benzene ring substituents is 1. The van der Waals surface area contributed by atoms with E-state index in [1.807, 2.05) is 18.2 Å². The highest BCUT2D eigenvalue weighted by Crippen LogP contribution is 2.18. The van der Waals surface area contributed by atoms with Crippen LogP contribution >= 0.6 is 0 Å². The lowest BCUT2D eigenvalue weighted by Gasteiger charge is -2.10. The number of primary amides is 1. The van der Waals surface area contributed by atoms with Gasteiger partial charge in [0.15, 0.2) is 5.84 Å². The Morgan fingerprint density at radius 2 is 1.68 bits per heavy atom. The average Bonchev–Trinajstić information content (AvgIpc) is 2.52. The molecule has 0 aliphatic rings. The Hall–Kier alpha value is -3.42. The van der Waals surface area contributed by atoms with Gasteiger partial charge in [0.05, 0.1) is 10.6 Å². The molecule has 112 valence electrons. The van der Waals surface area contributed by atoms with Gasteiger partial charge in [-0.15, -0.1) is 0 Å². The summed E-state index contributed by atoms with van der Waals surface area (Å²) in [6, 6.07) is 14.0. The van der Waals surface area contributed by atoms with Crippen LogP contribution in [0.15, 0.2) is 59.6 Å². The first-order valence-corrected chi connectivity index (χ1v) is 6.26. The Labute approximate surface area is 125 Å². The first kappa shape index (κ1) is 15.0. The number of hydrogen-bond acceptors (Lipinski definition) is 4. The molecule has 4 N–H and O–H groups in total. The molecule has 0 aliphatic carbocycles. The minimum Gasteiger partial charge on any atom is -0.350 e. The van der Waals surface area contributed by atoms with Crippen LogP contribution in [0.3, 0.4) is 0 Å². The summed E-state index contributed by atoms with van der Waals surface area (Å²) in [6.07, 6.45) is 0. The van der Waals surface area contributed by atoms with E-state index in [0.717, 1.165) is 5.56 Å². The van der Waals surface area contributed by atoms with E-state index in [4.69, 9.17) is 5.73 Å². The molecule has 0 bridgehead atoms. The third kappa shape index (κ3) is 4.04. The third-order valence-corrected chi connectivity index (χ3v) is 2.65. The predicted octanol–water partition coefficient (Wildman–Crippen LogP) is 1.85. The van der Waals surface area contributed by atoms with Crippen molar-refractivity contribution in [1.29, 1.82) is 0 Å². The standard InChI is InChI=1S/C14H13N5O3/c15-14(20)18-17-13(10-4-2-1-3-5-10)16-11-6-8-12(9-7-11)19(21)22/h1-9H,(H,16,17)(H3,15,18,20). The number of aliphatic imine (C=N–C) groups is 1. The van der Waals surface area contributed by atoms with Crippen LogP contribution in [0.2, 0.25) is 0 Å². The van der Waals surface area contributed by atoms with Crippen LogP contribution in [0, 0.1) is 10.1 Å². The number of hydrogen-bond donors (Lipinski definition) is 3. The summed E-state index contributed by atoms with van der Waals surface area (Å²) in [6.45, 7) is 0. The maximum absolute atomic E-state index is 10.8. The van der Waals surface area contributed by atoms with E-state index in [9.17, 15) is 14.9 Å². The minimum atomic E-state index is -0.757. The molecule has 0 radical (unpaired) electrons. The van der Waals surface area contributed by atoms with Gasteiger partial charge in [0.1, 0.15) is 0 Å².